The SMILES string of the molecule is CCC(=O)Oc1cccc(C2CC2)c1COc1ccc(C)cc1C(F)(F)F. The number of alkyl halides is 3. The maximum atomic E-state index is 13.3. The third-order valence-electron chi connectivity index (χ3n) is 4.51. The summed E-state index contributed by atoms with van der Waals surface area (Å²) in [6.07, 6.45) is -2.27. The minimum atomic E-state index is -4.51. The third-order valence-corrected chi connectivity index (χ3v) is 4.51. The van der Waals surface area contributed by atoms with Crippen molar-refractivity contribution < 1.29 is 27.4 Å². The molecule has 0 heterocycles. The van der Waals surface area contributed by atoms with Crippen molar-refractivity contribution in [2.24, 2.45) is 0 Å². The molecule has 0 unspecified atom stereocenters. The van der Waals surface area contributed by atoms with Crippen LogP contribution in [0.15, 0.2) is 36.4 Å². The molecule has 0 saturated heterocycles. The van der Waals surface area contributed by atoms with Gasteiger partial charge in [0, 0.05) is 12.0 Å². The van der Waals surface area contributed by atoms with Gasteiger partial charge in [-0.2, -0.15) is 13.2 Å². The predicted molar refractivity (Wildman–Crippen MR) is 94.9 cm³/mol. The molecule has 1 aliphatic carbocycles. The van der Waals surface area contributed by atoms with Crippen LogP contribution >= 0.6 is 0 Å². The number of aryl methyl sites for hydroxylation is 1. The second-order valence-electron chi connectivity index (χ2n) is 6.71. The van der Waals surface area contributed by atoms with E-state index in [4.69, 9.17) is 9.47 Å². The molecule has 144 valence electrons. The zero-order valence-electron chi connectivity index (χ0n) is 15.2. The lowest BCUT2D eigenvalue weighted by Gasteiger charge is -2.18. The number of halogens is 3. The van der Waals surface area contributed by atoms with E-state index in [1.54, 1.807) is 32.0 Å². The Morgan fingerprint density at radius 3 is 2.52 bits per heavy atom. The summed E-state index contributed by atoms with van der Waals surface area (Å²) in [5, 5.41) is 0. The smallest absolute Gasteiger partial charge is 0.419 e. The third kappa shape index (κ3) is 4.62. The Labute approximate surface area is 156 Å². The minimum absolute atomic E-state index is 0.0921. The number of ether oxygens (including phenoxy) is 2. The lowest BCUT2D eigenvalue weighted by molar-refractivity contribution is -0.139. The van der Waals surface area contributed by atoms with Crippen LogP contribution < -0.4 is 9.47 Å². The molecule has 27 heavy (non-hydrogen) atoms. The summed E-state index contributed by atoms with van der Waals surface area (Å²) in [6.45, 7) is 3.19. The summed E-state index contributed by atoms with van der Waals surface area (Å²) in [7, 11) is 0. The summed E-state index contributed by atoms with van der Waals surface area (Å²) >= 11 is 0. The zero-order valence-corrected chi connectivity index (χ0v) is 15.2. The molecule has 1 aliphatic rings. The Balaban J connectivity index is 1.91. The van der Waals surface area contributed by atoms with Gasteiger partial charge in [0.15, 0.2) is 0 Å². The van der Waals surface area contributed by atoms with Gasteiger partial charge in [-0.3, -0.25) is 4.79 Å². The zero-order chi connectivity index (χ0) is 19.6. The number of hydrogen-bond donors (Lipinski definition) is 0. The van der Waals surface area contributed by atoms with E-state index in [-0.39, 0.29) is 18.8 Å². The van der Waals surface area contributed by atoms with Gasteiger partial charge in [0.2, 0.25) is 0 Å². The van der Waals surface area contributed by atoms with Crippen molar-refractivity contribution in [2.45, 2.75) is 51.8 Å². The van der Waals surface area contributed by atoms with Crippen LogP contribution in [0.5, 0.6) is 11.5 Å². The molecule has 3 rings (SSSR count). The van der Waals surface area contributed by atoms with Crippen LogP contribution in [0.4, 0.5) is 13.2 Å². The van der Waals surface area contributed by atoms with Crippen LogP contribution in [0.25, 0.3) is 0 Å². The average Bonchev–Trinajstić information content (AvgIpc) is 3.45. The Morgan fingerprint density at radius 2 is 1.89 bits per heavy atom. The summed E-state index contributed by atoms with van der Waals surface area (Å²) in [4.78, 5) is 11.7. The molecule has 0 N–H and O–H groups in total. The van der Waals surface area contributed by atoms with Crippen LogP contribution in [0.3, 0.4) is 0 Å². The molecule has 0 aliphatic heterocycles. The molecule has 3 nitrogen and oxygen atoms in total. The van der Waals surface area contributed by atoms with E-state index in [0.717, 1.165) is 24.5 Å². The first-order valence-electron chi connectivity index (χ1n) is 8.92. The highest BCUT2D eigenvalue weighted by molar-refractivity contribution is 5.72. The molecule has 0 spiro atoms. The largest absolute Gasteiger partial charge is 0.488 e. The molecule has 1 saturated carbocycles. The normalized spacial score (nSPS) is 14.1. The molecule has 2 aromatic rings. The van der Waals surface area contributed by atoms with Crippen molar-refractivity contribution in [2.75, 3.05) is 0 Å². The molecule has 0 radical (unpaired) electrons. The number of hydrogen-bond acceptors (Lipinski definition) is 3. The Bertz CT molecular complexity index is 839. The van der Waals surface area contributed by atoms with Gasteiger partial charge in [0.05, 0.1) is 5.56 Å². The van der Waals surface area contributed by atoms with Gasteiger partial charge < -0.3 is 9.47 Å². The first-order chi connectivity index (χ1) is 12.8. The van der Waals surface area contributed by atoms with Crippen LogP contribution in [0.1, 0.15) is 54.4 Å². The maximum absolute atomic E-state index is 13.3. The summed E-state index contributed by atoms with van der Waals surface area (Å²) in [5.41, 5.74) is 1.30. The Hall–Kier alpha value is -2.50. The maximum Gasteiger partial charge on any atom is 0.419 e. The first kappa shape index (κ1) is 19.3. The number of carbonyl (C=O) groups is 1. The fourth-order valence-corrected chi connectivity index (χ4v) is 2.95. The fourth-order valence-electron chi connectivity index (χ4n) is 2.95. The standard InChI is InChI=1S/C21H21F3O3/c1-3-20(25)27-18-6-4-5-15(14-8-9-14)16(18)12-26-19-10-7-13(2)11-17(19)21(22,23)24/h4-7,10-11,14H,3,8-9,12H2,1-2H3. The molecule has 0 bridgehead atoms. The van der Waals surface area contributed by atoms with Gasteiger partial charge in [-0.15, -0.1) is 0 Å². The quantitative estimate of drug-likeness (QED) is 0.472. The van der Waals surface area contributed by atoms with Crippen LogP contribution in [0.2, 0.25) is 0 Å². The second kappa shape index (κ2) is 7.62. The van der Waals surface area contributed by atoms with Gasteiger partial charge >= 0.3 is 12.1 Å². The van der Waals surface area contributed by atoms with E-state index >= 15 is 0 Å². The van der Waals surface area contributed by atoms with Gasteiger partial charge in [-0.25, -0.2) is 0 Å². The topological polar surface area (TPSA) is 35.5 Å². The molecule has 2 aromatic carbocycles. The molecular weight excluding hydrogens is 357 g/mol. The van der Waals surface area contributed by atoms with Crippen molar-refractivity contribution in [3.05, 3.63) is 58.7 Å². The van der Waals surface area contributed by atoms with E-state index in [2.05, 4.69) is 0 Å². The van der Waals surface area contributed by atoms with Gasteiger partial charge in [0.25, 0.3) is 0 Å². The molecule has 0 amide bonds. The fraction of sp³-hybridized carbons (Fsp3) is 0.381. The second-order valence-corrected chi connectivity index (χ2v) is 6.71. The van der Waals surface area contributed by atoms with Gasteiger partial charge in [-0.05, 0) is 49.4 Å². The molecule has 0 aromatic heterocycles. The highest BCUT2D eigenvalue weighted by Gasteiger charge is 2.35. The van der Waals surface area contributed by atoms with Crippen LogP contribution in [-0.2, 0) is 17.6 Å². The highest BCUT2D eigenvalue weighted by Crippen LogP contribution is 2.44. The van der Waals surface area contributed by atoms with E-state index < -0.39 is 17.7 Å². The summed E-state index contributed by atoms with van der Waals surface area (Å²) in [6, 6.07) is 9.34. The highest BCUT2D eigenvalue weighted by atomic mass is 19.4. The van der Waals surface area contributed by atoms with Crippen molar-refractivity contribution in [1.29, 1.82) is 0 Å². The van der Waals surface area contributed by atoms with Crippen molar-refractivity contribution in [3.63, 3.8) is 0 Å². The summed E-state index contributed by atoms with van der Waals surface area (Å²) in [5.74, 6) is 0.0675. The molecular formula is C21H21F3O3. The van der Waals surface area contributed by atoms with Crippen LogP contribution in [-0.4, -0.2) is 5.97 Å². The van der Waals surface area contributed by atoms with Crippen molar-refractivity contribution in [1.82, 2.24) is 0 Å². The number of benzene rings is 2. The lowest BCUT2D eigenvalue weighted by atomic mass is 10.0. The predicted octanol–water partition coefficient (Wildman–Crippen LogP) is 5.79. The molecule has 0 atom stereocenters. The van der Waals surface area contributed by atoms with Crippen molar-refractivity contribution in [3.8, 4) is 11.5 Å². The molecule has 6 heteroatoms. The van der Waals surface area contributed by atoms with Gasteiger partial charge in [-0.1, -0.05) is 30.7 Å². The number of rotatable bonds is 6. The lowest BCUT2D eigenvalue weighted by Crippen LogP contribution is -2.12. The summed E-state index contributed by atoms with van der Waals surface area (Å²) < 4.78 is 50.9. The monoisotopic (exact) mass is 378 g/mol. The number of esters is 1. The van der Waals surface area contributed by atoms with Gasteiger partial charge in [0.1, 0.15) is 18.1 Å². The number of carbonyl (C=O) groups excluding carboxylic acids is 1. The Morgan fingerprint density at radius 1 is 1.15 bits per heavy atom. The molecule has 1 fully saturated rings. The van der Waals surface area contributed by atoms with E-state index in [0.29, 0.717) is 22.8 Å². The minimum Gasteiger partial charge on any atom is -0.488 e. The van der Waals surface area contributed by atoms with E-state index in [1.165, 1.54) is 6.07 Å². The Kier molecular flexibility index (Phi) is 5.44. The van der Waals surface area contributed by atoms with E-state index in [1.807, 2.05) is 6.07 Å². The first-order valence-corrected chi connectivity index (χ1v) is 8.92. The average molecular weight is 378 g/mol. The van der Waals surface area contributed by atoms with Crippen LogP contribution in [0, 0.1) is 6.92 Å². The van der Waals surface area contributed by atoms with Crippen molar-refractivity contribution >= 4 is 5.97 Å². The van der Waals surface area contributed by atoms with E-state index in [9.17, 15) is 18.0 Å².